The van der Waals surface area contributed by atoms with E-state index in [1.165, 1.54) is 5.39 Å². The topological polar surface area (TPSA) is 64.5 Å². The van der Waals surface area contributed by atoms with Crippen LogP contribution in [0.15, 0.2) is 172 Å². The minimum Gasteiger partial charge on any atom is -0.456 e. The first-order valence-corrected chi connectivity index (χ1v) is 17.8. The molecule has 1 aliphatic rings. The standard InChI is InChI=1S/C47H34N4O2/c1-50-41-22-21-33(26-42(41)51(2)47(50)52)30-15-8-17-35(23-30)39-28-40(49-46(48-39)29-11-4-3-5-12-29)36-18-9-16-34(24-36)37-19-10-20-43-45(37)38-25-31-13-6-7-14-32(31)27-44(38)53-43/h3-28,40H,1-2H3,(H,48,49). The molecule has 0 amide bonds. The fraction of sp³-hybridized carbons (Fsp3) is 0.0638. The largest absolute Gasteiger partial charge is 0.456 e. The summed E-state index contributed by atoms with van der Waals surface area (Å²) in [5.41, 5.74) is 12.1. The van der Waals surface area contributed by atoms with E-state index in [1.807, 2.05) is 38.4 Å². The summed E-state index contributed by atoms with van der Waals surface area (Å²) in [5, 5.41) is 8.25. The zero-order valence-electron chi connectivity index (χ0n) is 29.2. The lowest BCUT2D eigenvalue weighted by Crippen LogP contribution is -2.27. The molecule has 1 N–H and O–H groups in total. The second kappa shape index (κ2) is 12.1. The summed E-state index contributed by atoms with van der Waals surface area (Å²) in [6, 6.07) is 52.6. The van der Waals surface area contributed by atoms with Gasteiger partial charge in [0, 0.05) is 36.1 Å². The number of furan rings is 1. The Balaban J connectivity index is 1.08. The summed E-state index contributed by atoms with van der Waals surface area (Å²) in [7, 11) is 3.63. The highest BCUT2D eigenvalue weighted by Crippen LogP contribution is 2.40. The van der Waals surface area contributed by atoms with E-state index >= 15 is 0 Å². The molecule has 3 heterocycles. The molecule has 6 nitrogen and oxygen atoms in total. The SMILES string of the molecule is Cn1c(=O)n(C)c2cc(-c3cccc(C4=CC(c5cccc(-c6cccc7oc8cc9ccccc9cc8c67)c5)N=C(c5ccccc5)N4)c3)ccc21. The van der Waals surface area contributed by atoms with Crippen molar-refractivity contribution in [2.75, 3.05) is 0 Å². The number of benzene rings is 7. The fourth-order valence-corrected chi connectivity index (χ4v) is 7.81. The third-order valence-corrected chi connectivity index (χ3v) is 10.6. The molecule has 0 fully saturated rings. The normalized spacial score (nSPS) is 14.5. The number of imidazole rings is 1. The van der Waals surface area contributed by atoms with Gasteiger partial charge in [-0.15, -0.1) is 0 Å². The van der Waals surface area contributed by atoms with E-state index < -0.39 is 0 Å². The average Bonchev–Trinajstić information content (AvgIpc) is 3.69. The van der Waals surface area contributed by atoms with Crippen LogP contribution in [0.4, 0.5) is 0 Å². The number of hydrogen-bond donors (Lipinski definition) is 1. The highest BCUT2D eigenvalue weighted by molar-refractivity contribution is 6.15. The second-order valence-electron chi connectivity index (χ2n) is 13.8. The molecule has 1 unspecified atom stereocenters. The molecule has 0 radical (unpaired) electrons. The Morgan fingerprint density at radius 3 is 2.15 bits per heavy atom. The molecule has 53 heavy (non-hydrogen) atoms. The van der Waals surface area contributed by atoms with Crippen LogP contribution in [0.3, 0.4) is 0 Å². The molecule has 9 aromatic rings. The van der Waals surface area contributed by atoms with Crippen LogP contribution in [0.25, 0.3) is 71.7 Å². The lowest BCUT2D eigenvalue weighted by molar-refractivity contribution is 0.669. The molecule has 6 heteroatoms. The van der Waals surface area contributed by atoms with Crippen LogP contribution in [0, 0.1) is 0 Å². The maximum Gasteiger partial charge on any atom is 0.328 e. The number of rotatable bonds is 5. The van der Waals surface area contributed by atoms with Crippen molar-refractivity contribution < 1.29 is 4.42 Å². The number of aromatic nitrogens is 2. The van der Waals surface area contributed by atoms with Crippen molar-refractivity contribution >= 4 is 55.3 Å². The Labute approximate surface area is 305 Å². The number of aliphatic imine (C=N–C) groups is 1. The summed E-state index contributed by atoms with van der Waals surface area (Å²) in [6.07, 6.45) is 2.22. The van der Waals surface area contributed by atoms with Crippen molar-refractivity contribution in [3.63, 3.8) is 0 Å². The van der Waals surface area contributed by atoms with Gasteiger partial charge < -0.3 is 9.73 Å². The van der Waals surface area contributed by atoms with Gasteiger partial charge in [0.25, 0.3) is 0 Å². The van der Waals surface area contributed by atoms with Gasteiger partial charge in [-0.2, -0.15) is 0 Å². The van der Waals surface area contributed by atoms with Gasteiger partial charge in [-0.3, -0.25) is 14.1 Å². The fourth-order valence-electron chi connectivity index (χ4n) is 7.81. The van der Waals surface area contributed by atoms with Crippen LogP contribution < -0.4 is 11.0 Å². The summed E-state index contributed by atoms with van der Waals surface area (Å²) in [6.45, 7) is 0. The van der Waals surface area contributed by atoms with E-state index in [2.05, 4.69) is 139 Å². The lowest BCUT2D eigenvalue weighted by atomic mass is 9.94. The van der Waals surface area contributed by atoms with E-state index in [-0.39, 0.29) is 11.7 Å². The molecule has 1 aliphatic heterocycles. The quantitative estimate of drug-likeness (QED) is 0.196. The van der Waals surface area contributed by atoms with Crippen LogP contribution in [-0.2, 0) is 14.1 Å². The molecule has 1 atom stereocenters. The third kappa shape index (κ3) is 5.18. The monoisotopic (exact) mass is 686 g/mol. The summed E-state index contributed by atoms with van der Waals surface area (Å²) >= 11 is 0. The number of hydrogen-bond acceptors (Lipinski definition) is 4. The minimum absolute atomic E-state index is 0.0336. The molecule has 2 aromatic heterocycles. The van der Waals surface area contributed by atoms with E-state index in [1.54, 1.807) is 9.13 Å². The molecular formula is C47H34N4O2. The highest BCUT2D eigenvalue weighted by Gasteiger charge is 2.21. The van der Waals surface area contributed by atoms with Crippen molar-refractivity contribution in [2.45, 2.75) is 6.04 Å². The maximum atomic E-state index is 12.6. The van der Waals surface area contributed by atoms with Gasteiger partial charge in [0.05, 0.1) is 17.1 Å². The van der Waals surface area contributed by atoms with E-state index in [9.17, 15) is 4.79 Å². The Hall–Kier alpha value is -6.92. The predicted octanol–water partition coefficient (Wildman–Crippen LogP) is 10.4. The van der Waals surface area contributed by atoms with Gasteiger partial charge >= 0.3 is 5.69 Å². The van der Waals surface area contributed by atoms with Crippen LogP contribution >= 0.6 is 0 Å². The number of nitrogens with one attached hydrogen (secondary N) is 1. The maximum absolute atomic E-state index is 12.6. The molecule has 0 saturated heterocycles. The lowest BCUT2D eigenvalue weighted by Gasteiger charge is -2.24. The second-order valence-corrected chi connectivity index (χ2v) is 13.8. The van der Waals surface area contributed by atoms with Crippen molar-refractivity contribution in [3.05, 3.63) is 185 Å². The minimum atomic E-state index is -0.232. The van der Waals surface area contributed by atoms with E-state index in [0.717, 1.165) is 88.8 Å². The molecule has 10 rings (SSSR count). The highest BCUT2D eigenvalue weighted by atomic mass is 16.3. The number of amidine groups is 1. The van der Waals surface area contributed by atoms with Crippen molar-refractivity contribution in [1.29, 1.82) is 0 Å². The van der Waals surface area contributed by atoms with Gasteiger partial charge in [-0.25, -0.2) is 4.79 Å². The number of nitrogens with zero attached hydrogens (tertiary/aromatic N) is 3. The van der Waals surface area contributed by atoms with Gasteiger partial charge in [0.15, 0.2) is 0 Å². The molecule has 0 bridgehead atoms. The molecule has 0 spiro atoms. The zero-order valence-corrected chi connectivity index (χ0v) is 29.2. The van der Waals surface area contributed by atoms with Crippen LogP contribution in [0.5, 0.6) is 0 Å². The van der Waals surface area contributed by atoms with Gasteiger partial charge in [0.2, 0.25) is 0 Å². The first-order chi connectivity index (χ1) is 26.0. The Morgan fingerprint density at radius 2 is 1.28 bits per heavy atom. The van der Waals surface area contributed by atoms with E-state index in [0.29, 0.717) is 0 Å². The Kier molecular flexibility index (Phi) is 7.05. The summed E-state index contributed by atoms with van der Waals surface area (Å²) in [5.74, 6) is 0.819. The third-order valence-electron chi connectivity index (χ3n) is 10.6. The first kappa shape index (κ1) is 30.9. The first-order valence-electron chi connectivity index (χ1n) is 17.8. The Bertz CT molecular complexity index is 3030. The van der Waals surface area contributed by atoms with Gasteiger partial charge in [-0.05, 0) is 92.7 Å². The van der Waals surface area contributed by atoms with Crippen molar-refractivity contribution in [2.24, 2.45) is 19.1 Å². The Morgan fingerprint density at radius 1 is 0.585 bits per heavy atom. The zero-order chi connectivity index (χ0) is 35.6. The molecule has 0 aliphatic carbocycles. The molecular weight excluding hydrogens is 653 g/mol. The van der Waals surface area contributed by atoms with Gasteiger partial charge in [0.1, 0.15) is 17.0 Å². The number of aryl methyl sites for hydroxylation is 2. The van der Waals surface area contributed by atoms with Crippen LogP contribution in [0.1, 0.15) is 22.7 Å². The van der Waals surface area contributed by atoms with Crippen LogP contribution in [0.2, 0.25) is 0 Å². The molecule has 0 saturated carbocycles. The van der Waals surface area contributed by atoms with Crippen molar-refractivity contribution in [1.82, 2.24) is 14.5 Å². The predicted molar refractivity (Wildman–Crippen MR) is 217 cm³/mol. The number of fused-ring (bicyclic) bond motifs is 5. The average molecular weight is 687 g/mol. The smallest absolute Gasteiger partial charge is 0.328 e. The van der Waals surface area contributed by atoms with Gasteiger partial charge in [-0.1, -0.05) is 109 Å². The van der Waals surface area contributed by atoms with Crippen molar-refractivity contribution in [3.8, 4) is 22.3 Å². The van der Waals surface area contributed by atoms with Crippen LogP contribution in [-0.4, -0.2) is 15.0 Å². The molecule has 7 aromatic carbocycles. The van der Waals surface area contributed by atoms with E-state index in [4.69, 9.17) is 9.41 Å². The summed E-state index contributed by atoms with van der Waals surface area (Å²) < 4.78 is 9.80. The summed E-state index contributed by atoms with van der Waals surface area (Å²) in [4.78, 5) is 17.9. The molecule has 254 valence electrons.